The van der Waals surface area contributed by atoms with E-state index in [-0.39, 0.29) is 0 Å². The lowest BCUT2D eigenvalue weighted by molar-refractivity contribution is -0.111. The highest BCUT2D eigenvalue weighted by atomic mass is 79.9. The lowest BCUT2D eigenvalue weighted by atomic mass is 9.81. The number of allylic oxidation sites excluding steroid dienone is 2. The van der Waals surface area contributed by atoms with Crippen LogP contribution in [0.1, 0.15) is 34.0 Å². The summed E-state index contributed by atoms with van der Waals surface area (Å²) in [7, 11) is 0. The number of carbonyl (C=O) groups is 2. The monoisotopic (exact) mass is 318 g/mol. The minimum absolute atomic E-state index is 0.312. The first-order valence-corrected chi connectivity index (χ1v) is 7.04. The fraction of sp³-hybridized carbons (Fsp3) is 0.200. The van der Waals surface area contributed by atoms with Gasteiger partial charge in [-0.05, 0) is 30.5 Å². The van der Waals surface area contributed by atoms with Crippen molar-refractivity contribution in [2.45, 2.75) is 13.8 Å². The molecular weight excluding hydrogens is 308 g/mol. The maximum Gasteiger partial charge on any atom is 0.234 e. The second kappa shape index (κ2) is 4.17. The van der Waals surface area contributed by atoms with Gasteiger partial charge in [-0.3, -0.25) is 9.59 Å². The van der Waals surface area contributed by atoms with Gasteiger partial charge >= 0.3 is 0 Å². The number of aryl methyl sites for hydroxylation is 1. The summed E-state index contributed by atoms with van der Waals surface area (Å²) in [6.07, 6.45) is 1.63. The molecule has 1 aromatic rings. The Morgan fingerprint density at radius 2 is 1.84 bits per heavy atom. The zero-order valence-electron chi connectivity index (χ0n) is 10.5. The normalized spacial score (nSPS) is 17.1. The van der Waals surface area contributed by atoms with Crippen molar-refractivity contribution in [1.29, 1.82) is 0 Å². The van der Waals surface area contributed by atoms with Gasteiger partial charge in [-0.1, -0.05) is 28.1 Å². The third-order valence-corrected chi connectivity index (χ3v) is 4.09. The van der Waals surface area contributed by atoms with Crippen LogP contribution in [0.2, 0.25) is 0 Å². The minimum Gasteiger partial charge on any atom is -0.464 e. The molecule has 0 saturated carbocycles. The van der Waals surface area contributed by atoms with Crippen molar-refractivity contribution in [2.75, 3.05) is 5.33 Å². The Balaban J connectivity index is 2.46. The van der Waals surface area contributed by atoms with Gasteiger partial charge < -0.3 is 4.74 Å². The van der Waals surface area contributed by atoms with Crippen LogP contribution in [-0.4, -0.2) is 16.9 Å². The van der Waals surface area contributed by atoms with Gasteiger partial charge in [0.05, 0.1) is 11.8 Å². The predicted octanol–water partition coefficient (Wildman–Crippen LogP) is 3.26. The molecule has 0 radical (unpaired) electrons. The SMILES string of the molecule is CC1=COC2=C(CBr)C(=O)C(=O)c3c(C)ccc1c32. The average molecular weight is 319 g/mol. The number of Topliss-reactive ketones (excluding diaryl/α,β-unsaturated/α-hetero) is 2. The van der Waals surface area contributed by atoms with Crippen LogP contribution in [0.15, 0.2) is 24.0 Å². The summed E-state index contributed by atoms with van der Waals surface area (Å²) >= 11 is 3.26. The van der Waals surface area contributed by atoms with Gasteiger partial charge in [-0.15, -0.1) is 0 Å². The Kier molecular flexibility index (Phi) is 2.71. The van der Waals surface area contributed by atoms with Crippen LogP contribution in [-0.2, 0) is 9.53 Å². The third-order valence-electron chi connectivity index (χ3n) is 3.53. The zero-order chi connectivity index (χ0) is 13.7. The third kappa shape index (κ3) is 1.56. The molecule has 0 fully saturated rings. The van der Waals surface area contributed by atoms with E-state index >= 15 is 0 Å². The van der Waals surface area contributed by atoms with Crippen molar-refractivity contribution in [1.82, 2.24) is 0 Å². The van der Waals surface area contributed by atoms with Crippen LogP contribution in [0.3, 0.4) is 0 Å². The van der Waals surface area contributed by atoms with Gasteiger partial charge in [0.1, 0.15) is 5.76 Å². The number of carbonyl (C=O) groups excluding carboxylic acids is 2. The van der Waals surface area contributed by atoms with Crippen molar-refractivity contribution < 1.29 is 14.3 Å². The van der Waals surface area contributed by atoms with E-state index < -0.39 is 11.6 Å². The number of benzene rings is 1. The molecular formula is C15H11BrO3. The molecule has 19 heavy (non-hydrogen) atoms. The Hall–Kier alpha value is -1.68. The molecule has 3 nitrogen and oxygen atoms in total. The Morgan fingerprint density at radius 3 is 2.53 bits per heavy atom. The van der Waals surface area contributed by atoms with E-state index in [1.165, 1.54) is 0 Å². The minimum atomic E-state index is -0.479. The first kappa shape index (κ1) is 12.4. The van der Waals surface area contributed by atoms with Crippen molar-refractivity contribution in [3.63, 3.8) is 0 Å². The molecule has 1 aliphatic heterocycles. The molecule has 4 heteroatoms. The molecule has 0 amide bonds. The van der Waals surface area contributed by atoms with Crippen molar-refractivity contribution in [2.24, 2.45) is 0 Å². The highest BCUT2D eigenvalue weighted by Crippen LogP contribution is 2.41. The Morgan fingerprint density at radius 1 is 1.11 bits per heavy atom. The van der Waals surface area contributed by atoms with E-state index in [2.05, 4.69) is 15.9 Å². The van der Waals surface area contributed by atoms with E-state index in [4.69, 9.17) is 4.74 Å². The first-order chi connectivity index (χ1) is 9.06. The fourth-order valence-electron chi connectivity index (χ4n) is 2.53. The van der Waals surface area contributed by atoms with Crippen LogP contribution in [0.25, 0.3) is 11.3 Å². The largest absolute Gasteiger partial charge is 0.464 e. The fourth-order valence-corrected chi connectivity index (χ4v) is 3.04. The van der Waals surface area contributed by atoms with E-state index in [1.54, 1.807) is 6.26 Å². The van der Waals surface area contributed by atoms with Gasteiger partial charge in [-0.2, -0.15) is 0 Å². The predicted molar refractivity (Wildman–Crippen MR) is 76.0 cm³/mol. The van der Waals surface area contributed by atoms with Crippen molar-refractivity contribution >= 4 is 38.8 Å². The highest BCUT2D eigenvalue weighted by Gasteiger charge is 2.37. The van der Waals surface area contributed by atoms with E-state index in [0.717, 1.165) is 22.3 Å². The maximum absolute atomic E-state index is 12.3. The summed E-state index contributed by atoms with van der Waals surface area (Å²) in [6, 6.07) is 3.84. The summed E-state index contributed by atoms with van der Waals surface area (Å²) in [5.74, 6) is -0.404. The molecule has 3 rings (SSSR count). The van der Waals surface area contributed by atoms with E-state index in [0.29, 0.717) is 22.2 Å². The van der Waals surface area contributed by atoms with Crippen molar-refractivity contribution in [3.05, 3.63) is 46.2 Å². The molecule has 0 spiro atoms. The zero-order valence-corrected chi connectivity index (χ0v) is 12.1. The summed E-state index contributed by atoms with van der Waals surface area (Å²) in [6.45, 7) is 3.77. The number of rotatable bonds is 1. The number of ether oxygens (including phenoxy) is 1. The Labute approximate surface area is 119 Å². The molecule has 1 aliphatic carbocycles. The van der Waals surface area contributed by atoms with Gasteiger partial charge in [0.15, 0.2) is 0 Å². The number of ketones is 2. The van der Waals surface area contributed by atoms with Gasteiger partial charge in [0, 0.05) is 16.5 Å². The molecule has 0 unspecified atom stereocenters. The second-order valence-corrected chi connectivity index (χ2v) is 5.26. The van der Waals surface area contributed by atoms with Crippen molar-refractivity contribution in [3.8, 4) is 0 Å². The topological polar surface area (TPSA) is 43.4 Å². The highest BCUT2D eigenvalue weighted by molar-refractivity contribution is 9.09. The smallest absolute Gasteiger partial charge is 0.234 e. The van der Waals surface area contributed by atoms with Crippen LogP contribution < -0.4 is 0 Å². The molecule has 96 valence electrons. The molecule has 0 bridgehead atoms. The molecule has 0 saturated heterocycles. The van der Waals surface area contributed by atoms with Crippen LogP contribution in [0.4, 0.5) is 0 Å². The summed E-state index contributed by atoms with van der Waals surface area (Å²) in [5, 5.41) is 0.312. The number of halogens is 1. The van der Waals surface area contributed by atoms with E-state index in [9.17, 15) is 9.59 Å². The number of hydrogen-bond acceptors (Lipinski definition) is 3. The molecule has 1 aromatic carbocycles. The maximum atomic E-state index is 12.3. The molecule has 0 aromatic heterocycles. The molecule has 1 heterocycles. The number of hydrogen-bond donors (Lipinski definition) is 0. The van der Waals surface area contributed by atoms with Crippen LogP contribution >= 0.6 is 15.9 Å². The Bertz CT molecular complexity index is 696. The lowest BCUT2D eigenvalue weighted by Crippen LogP contribution is -2.28. The molecule has 0 atom stereocenters. The molecule has 0 N–H and O–H groups in total. The van der Waals surface area contributed by atoms with E-state index in [1.807, 2.05) is 26.0 Å². The molecule has 2 aliphatic rings. The quantitative estimate of drug-likeness (QED) is 0.589. The second-order valence-electron chi connectivity index (χ2n) is 4.70. The lowest BCUT2D eigenvalue weighted by Gasteiger charge is -2.27. The summed E-state index contributed by atoms with van der Waals surface area (Å²) in [5.41, 5.74) is 4.36. The summed E-state index contributed by atoms with van der Waals surface area (Å²) < 4.78 is 5.59. The van der Waals surface area contributed by atoms with Gasteiger partial charge in [0.25, 0.3) is 0 Å². The number of alkyl halides is 1. The van der Waals surface area contributed by atoms with Gasteiger partial charge in [0.2, 0.25) is 11.6 Å². The summed E-state index contributed by atoms with van der Waals surface area (Å²) in [4.78, 5) is 24.4. The first-order valence-electron chi connectivity index (χ1n) is 5.92. The average Bonchev–Trinajstić information content (AvgIpc) is 2.40. The van der Waals surface area contributed by atoms with Crippen LogP contribution in [0, 0.1) is 6.92 Å². The van der Waals surface area contributed by atoms with Gasteiger partial charge in [-0.25, -0.2) is 0 Å². The standard InChI is InChI=1S/C15H11BrO3/c1-7-3-4-9-8(2)6-19-15-10(5-16)13(17)14(18)11(7)12(9)15/h3-4,6H,5H2,1-2H3. The van der Waals surface area contributed by atoms with Crippen LogP contribution in [0.5, 0.6) is 0 Å².